The lowest BCUT2D eigenvalue weighted by Crippen LogP contribution is -2.28. The third-order valence-electron chi connectivity index (χ3n) is 4.21. The third-order valence-corrected chi connectivity index (χ3v) is 4.21. The molecule has 0 aliphatic rings. The van der Waals surface area contributed by atoms with Gasteiger partial charge in [-0.3, -0.25) is 0 Å². The molecule has 0 fully saturated rings. The molecule has 2 aromatic rings. The van der Waals surface area contributed by atoms with E-state index in [0.717, 1.165) is 37.6 Å². The first-order valence-electron chi connectivity index (χ1n) is 9.07. The van der Waals surface area contributed by atoms with Gasteiger partial charge in [0.2, 0.25) is 0 Å². The molecule has 0 spiro atoms. The Kier molecular flexibility index (Phi) is 8.48. The fourth-order valence-corrected chi connectivity index (χ4v) is 2.91. The molecule has 0 bridgehead atoms. The van der Waals surface area contributed by atoms with Gasteiger partial charge < -0.3 is 14.9 Å². The number of hydrogen-bond acceptors (Lipinski definition) is 3. The normalized spacial score (nSPS) is 11.4. The molecule has 0 saturated heterocycles. The number of imidazole rings is 2. The Labute approximate surface area is 139 Å². The molecule has 5 nitrogen and oxygen atoms in total. The predicted octanol–water partition coefficient (Wildman–Crippen LogP) is 3.58. The maximum Gasteiger partial charge on any atom is 0.106 e. The smallest absolute Gasteiger partial charge is 0.106 e. The van der Waals surface area contributed by atoms with Gasteiger partial charge in [-0.25, -0.2) is 9.97 Å². The van der Waals surface area contributed by atoms with E-state index >= 15 is 0 Å². The number of hydrogen-bond donors (Lipinski definition) is 2. The fraction of sp³-hybridized carbons (Fsp3) is 0.667. The number of aryl methyl sites for hydroxylation is 2. The van der Waals surface area contributed by atoms with E-state index in [-0.39, 0.29) is 0 Å². The van der Waals surface area contributed by atoms with Crippen LogP contribution in [0.2, 0.25) is 0 Å². The first-order chi connectivity index (χ1) is 11.4. The van der Waals surface area contributed by atoms with Crippen LogP contribution in [0.5, 0.6) is 0 Å². The molecule has 0 aromatic carbocycles. The SMILES string of the molecule is CCCCCCN(CCCc1ncc[nH]1)CCCc1ncc[nH]1. The van der Waals surface area contributed by atoms with Gasteiger partial charge in [0.25, 0.3) is 0 Å². The van der Waals surface area contributed by atoms with Gasteiger partial charge in [0.15, 0.2) is 0 Å². The number of nitrogens with one attached hydrogen (secondary N) is 2. The third kappa shape index (κ3) is 7.46. The molecule has 0 amide bonds. The summed E-state index contributed by atoms with van der Waals surface area (Å²) in [5.41, 5.74) is 0. The molecule has 0 aliphatic heterocycles. The summed E-state index contributed by atoms with van der Waals surface area (Å²) < 4.78 is 0. The second-order valence-corrected chi connectivity index (χ2v) is 6.18. The quantitative estimate of drug-likeness (QED) is 0.555. The minimum absolute atomic E-state index is 1.04. The lowest BCUT2D eigenvalue weighted by atomic mass is 10.2. The largest absolute Gasteiger partial charge is 0.349 e. The van der Waals surface area contributed by atoms with E-state index in [9.17, 15) is 0 Å². The highest BCUT2D eigenvalue weighted by atomic mass is 15.1. The van der Waals surface area contributed by atoms with Crippen LogP contribution >= 0.6 is 0 Å². The summed E-state index contributed by atoms with van der Waals surface area (Å²) in [5.74, 6) is 2.21. The van der Waals surface area contributed by atoms with Gasteiger partial charge in [0.05, 0.1) is 0 Å². The van der Waals surface area contributed by atoms with E-state index in [2.05, 4.69) is 31.8 Å². The maximum atomic E-state index is 4.31. The van der Waals surface area contributed by atoms with Gasteiger partial charge in [-0.05, 0) is 38.9 Å². The van der Waals surface area contributed by atoms with Crippen LogP contribution in [0.3, 0.4) is 0 Å². The fourth-order valence-electron chi connectivity index (χ4n) is 2.91. The lowest BCUT2D eigenvalue weighted by Gasteiger charge is -2.22. The van der Waals surface area contributed by atoms with Crippen molar-refractivity contribution in [3.05, 3.63) is 36.4 Å². The monoisotopic (exact) mass is 317 g/mol. The van der Waals surface area contributed by atoms with E-state index in [4.69, 9.17) is 0 Å². The molecule has 0 aliphatic carbocycles. The number of unbranched alkanes of at least 4 members (excludes halogenated alkanes) is 3. The molecule has 0 atom stereocenters. The maximum absolute atomic E-state index is 4.31. The van der Waals surface area contributed by atoms with Crippen LogP contribution in [-0.2, 0) is 12.8 Å². The number of H-pyrrole nitrogens is 2. The Bertz CT molecular complexity index is 437. The standard InChI is InChI=1S/C18H31N5/c1-2-3-4-5-14-23(15-6-8-17-19-10-11-20-17)16-7-9-18-21-12-13-22-18/h10-13H,2-9,14-16H2,1H3,(H,19,20)(H,21,22). The molecule has 5 heteroatoms. The van der Waals surface area contributed by atoms with Crippen LogP contribution in [0.25, 0.3) is 0 Å². The lowest BCUT2D eigenvalue weighted by molar-refractivity contribution is 0.260. The van der Waals surface area contributed by atoms with E-state index in [0.29, 0.717) is 0 Å². The highest BCUT2D eigenvalue weighted by Gasteiger charge is 2.06. The van der Waals surface area contributed by atoms with Crippen molar-refractivity contribution < 1.29 is 0 Å². The van der Waals surface area contributed by atoms with Gasteiger partial charge in [-0.15, -0.1) is 0 Å². The van der Waals surface area contributed by atoms with Gasteiger partial charge in [-0.1, -0.05) is 26.2 Å². The molecule has 2 rings (SSSR count). The summed E-state index contributed by atoms with van der Waals surface area (Å²) in [4.78, 5) is 17.6. The van der Waals surface area contributed by atoms with E-state index in [1.54, 1.807) is 0 Å². The number of rotatable bonds is 13. The molecule has 0 saturated carbocycles. The Hall–Kier alpha value is -1.62. The van der Waals surface area contributed by atoms with Crippen LogP contribution < -0.4 is 0 Å². The molecule has 128 valence electrons. The zero-order chi connectivity index (χ0) is 16.2. The molecule has 23 heavy (non-hydrogen) atoms. The summed E-state index contributed by atoms with van der Waals surface area (Å²) >= 11 is 0. The van der Waals surface area contributed by atoms with Crippen molar-refractivity contribution in [3.63, 3.8) is 0 Å². The first-order valence-corrected chi connectivity index (χ1v) is 9.07. The highest BCUT2D eigenvalue weighted by molar-refractivity contribution is 4.88. The minimum atomic E-state index is 1.04. The van der Waals surface area contributed by atoms with Gasteiger partial charge >= 0.3 is 0 Å². The van der Waals surface area contributed by atoms with E-state index in [1.165, 1.54) is 45.1 Å². The van der Waals surface area contributed by atoms with E-state index < -0.39 is 0 Å². The van der Waals surface area contributed by atoms with Crippen LogP contribution in [0, 0.1) is 0 Å². The Morgan fingerprint density at radius 1 is 0.783 bits per heavy atom. The van der Waals surface area contributed by atoms with Crippen molar-refractivity contribution in [3.8, 4) is 0 Å². The zero-order valence-electron chi connectivity index (χ0n) is 14.4. The number of nitrogens with zero attached hydrogens (tertiary/aromatic N) is 3. The highest BCUT2D eigenvalue weighted by Crippen LogP contribution is 2.06. The van der Waals surface area contributed by atoms with Gasteiger partial charge in [-0.2, -0.15) is 0 Å². The van der Waals surface area contributed by atoms with Crippen LogP contribution in [0.1, 0.15) is 57.1 Å². The van der Waals surface area contributed by atoms with Crippen LogP contribution in [0.4, 0.5) is 0 Å². The molecule has 2 heterocycles. The van der Waals surface area contributed by atoms with Crippen molar-refractivity contribution in [2.24, 2.45) is 0 Å². The topological polar surface area (TPSA) is 60.6 Å². The minimum Gasteiger partial charge on any atom is -0.349 e. The van der Waals surface area contributed by atoms with Crippen molar-refractivity contribution in [1.29, 1.82) is 0 Å². The van der Waals surface area contributed by atoms with Gasteiger partial charge in [0, 0.05) is 37.6 Å². The molecule has 2 aromatic heterocycles. The van der Waals surface area contributed by atoms with Crippen molar-refractivity contribution in [1.82, 2.24) is 24.8 Å². The number of aromatic nitrogens is 4. The molecular weight excluding hydrogens is 286 g/mol. The average Bonchev–Trinajstić information content (AvgIpc) is 3.24. The first kappa shape index (κ1) is 17.7. The molecule has 0 unspecified atom stereocenters. The second kappa shape index (κ2) is 11.0. The predicted molar refractivity (Wildman–Crippen MR) is 94.4 cm³/mol. The number of aromatic amines is 2. The Balaban J connectivity index is 1.66. The average molecular weight is 317 g/mol. The molecule has 0 radical (unpaired) electrons. The molecular formula is C18H31N5. The van der Waals surface area contributed by atoms with Crippen molar-refractivity contribution in [2.75, 3.05) is 19.6 Å². The summed E-state index contributed by atoms with van der Waals surface area (Å²) in [6, 6.07) is 0. The van der Waals surface area contributed by atoms with Crippen LogP contribution in [-0.4, -0.2) is 44.5 Å². The Morgan fingerprint density at radius 3 is 1.83 bits per heavy atom. The summed E-state index contributed by atoms with van der Waals surface area (Å²) in [7, 11) is 0. The summed E-state index contributed by atoms with van der Waals surface area (Å²) in [6.45, 7) is 5.80. The van der Waals surface area contributed by atoms with E-state index in [1.807, 2.05) is 24.8 Å². The molecule has 2 N–H and O–H groups in total. The van der Waals surface area contributed by atoms with Gasteiger partial charge in [0.1, 0.15) is 11.6 Å². The van der Waals surface area contributed by atoms with Crippen LogP contribution in [0.15, 0.2) is 24.8 Å². The zero-order valence-corrected chi connectivity index (χ0v) is 14.4. The van der Waals surface area contributed by atoms with Crippen molar-refractivity contribution in [2.45, 2.75) is 58.3 Å². The summed E-state index contributed by atoms with van der Waals surface area (Å²) in [6.07, 6.45) is 17.2. The second-order valence-electron chi connectivity index (χ2n) is 6.18. The van der Waals surface area contributed by atoms with Crippen molar-refractivity contribution >= 4 is 0 Å². The summed E-state index contributed by atoms with van der Waals surface area (Å²) in [5, 5.41) is 0. The Morgan fingerprint density at radius 2 is 1.35 bits per heavy atom.